The van der Waals surface area contributed by atoms with E-state index in [1.54, 1.807) is 0 Å². The van der Waals surface area contributed by atoms with Gasteiger partial charge in [-0.15, -0.1) is 0 Å². The number of hydrogen-bond donors (Lipinski definition) is 0. The van der Waals surface area contributed by atoms with E-state index in [1.165, 1.54) is 15.9 Å². The zero-order valence-electron chi connectivity index (χ0n) is 21.8. The lowest BCUT2D eigenvalue weighted by Crippen LogP contribution is -2.68. The largest absolute Gasteiger partial charge is 0.404 e. The summed E-state index contributed by atoms with van der Waals surface area (Å²) in [6.45, 7) is 6.89. The molecule has 3 aromatic rings. The van der Waals surface area contributed by atoms with Crippen LogP contribution in [0.3, 0.4) is 0 Å². The smallest absolute Gasteiger partial charge is 0.264 e. The van der Waals surface area contributed by atoms with Gasteiger partial charge in [0.25, 0.3) is 18.4 Å². The van der Waals surface area contributed by atoms with Crippen LogP contribution in [0.4, 0.5) is 0 Å². The lowest BCUT2D eigenvalue weighted by molar-refractivity contribution is 0.0291. The van der Waals surface area contributed by atoms with Crippen molar-refractivity contribution in [2.75, 3.05) is 6.26 Å². The van der Waals surface area contributed by atoms with Crippen molar-refractivity contribution in [1.82, 2.24) is 0 Å². The Labute approximate surface area is 217 Å². The number of hydrogen-bond acceptors (Lipinski definition) is 4. The predicted molar refractivity (Wildman–Crippen MR) is 150 cm³/mol. The number of benzene rings is 3. The van der Waals surface area contributed by atoms with E-state index < -0.39 is 18.4 Å². The van der Waals surface area contributed by atoms with Crippen LogP contribution in [0.1, 0.15) is 45.6 Å². The molecule has 0 spiro atoms. The Bertz CT molecular complexity index is 1170. The van der Waals surface area contributed by atoms with Crippen molar-refractivity contribution in [3.05, 3.63) is 96.6 Å². The third-order valence-electron chi connectivity index (χ3n) is 7.26. The summed E-state index contributed by atoms with van der Waals surface area (Å²) in [5.41, 5.74) is 1.23. The summed E-state index contributed by atoms with van der Waals surface area (Å²) in [4.78, 5) is 0. The van der Waals surface area contributed by atoms with Crippen molar-refractivity contribution < 1.29 is 17.0 Å². The summed E-state index contributed by atoms with van der Waals surface area (Å²) < 4.78 is 36.9. The second-order valence-electron chi connectivity index (χ2n) is 11.0. The first-order valence-electron chi connectivity index (χ1n) is 12.8. The molecule has 1 saturated carbocycles. The molecule has 0 amide bonds. The van der Waals surface area contributed by atoms with Crippen molar-refractivity contribution in [2.45, 2.75) is 63.7 Å². The van der Waals surface area contributed by atoms with Crippen LogP contribution in [0.15, 0.2) is 91.0 Å². The van der Waals surface area contributed by atoms with E-state index in [1.807, 2.05) is 6.07 Å². The van der Waals surface area contributed by atoms with Crippen LogP contribution in [0.2, 0.25) is 5.04 Å². The van der Waals surface area contributed by atoms with Gasteiger partial charge in [0.05, 0.1) is 12.4 Å². The second-order valence-corrected chi connectivity index (χ2v) is 16.9. The van der Waals surface area contributed by atoms with Gasteiger partial charge < -0.3 is 4.43 Å². The first-order valence-corrected chi connectivity index (χ1v) is 16.5. The molecule has 4 nitrogen and oxygen atoms in total. The minimum absolute atomic E-state index is 0.00378. The zero-order valence-corrected chi connectivity index (χ0v) is 23.6. The highest BCUT2D eigenvalue weighted by atomic mass is 32.2. The molecule has 0 aliphatic heterocycles. The van der Waals surface area contributed by atoms with Crippen molar-refractivity contribution in [2.24, 2.45) is 5.92 Å². The molecule has 3 aromatic carbocycles. The summed E-state index contributed by atoms with van der Waals surface area (Å²) in [7, 11) is -6.24. The Morgan fingerprint density at radius 3 is 1.78 bits per heavy atom. The maximum Gasteiger partial charge on any atom is 0.264 e. The van der Waals surface area contributed by atoms with Gasteiger partial charge in [0.15, 0.2) is 0 Å². The monoisotopic (exact) mass is 522 g/mol. The van der Waals surface area contributed by atoms with E-state index in [4.69, 9.17) is 8.61 Å². The fraction of sp³-hybridized carbons (Fsp3) is 0.400. The van der Waals surface area contributed by atoms with Crippen LogP contribution >= 0.6 is 0 Å². The van der Waals surface area contributed by atoms with Crippen LogP contribution in [-0.2, 0) is 25.1 Å². The standard InChI is InChI=1S/C30H38O4SSi/c1-30(2,3)36(27-16-10-6-11-17-27,28-18-12-7-13-19-28)34-29-21-20-26(33-35(4,31)32)23-25(29)22-24-14-8-5-9-15-24/h5-19,25-26,29H,20-23H2,1-4H3/t25-,26+,29+/m1/s1. The zero-order chi connectivity index (χ0) is 25.8. The minimum atomic E-state index is -3.51. The molecule has 1 aliphatic carbocycles. The molecule has 0 aromatic heterocycles. The van der Waals surface area contributed by atoms with Gasteiger partial charge in [-0.05, 0) is 52.6 Å². The van der Waals surface area contributed by atoms with Gasteiger partial charge in [-0.25, -0.2) is 0 Å². The molecular formula is C30H38O4SSi. The summed E-state index contributed by atoms with van der Waals surface area (Å²) in [6.07, 6.45) is 3.75. The molecule has 1 aliphatic rings. The summed E-state index contributed by atoms with van der Waals surface area (Å²) in [6, 6.07) is 31.8. The van der Waals surface area contributed by atoms with Gasteiger partial charge in [0.1, 0.15) is 0 Å². The fourth-order valence-corrected chi connectivity index (χ4v) is 11.2. The van der Waals surface area contributed by atoms with Gasteiger partial charge in [-0.3, -0.25) is 4.18 Å². The Morgan fingerprint density at radius 2 is 1.31 bits per heavy atom. The molecule has 6 heteroatoms. The van der Waals surface area contributed by atoms with Crippen molar-refractivity contribution in [1.29, 1.82) is 0 Å². The second kappa shape index (κ2) is 11.0. The molecule has 0 N–H and O–H groups in total. The van der Waals surface area contributed by atoms with E-state index in [0.717, 1.165) is 19.1 Å². The van der Waals surface area contributed by atoms with E-state index in [2.05, 4.69) is 106 Å². The fourth-order valence-electron chi connectivity index (χ4n) is 5.73. The number of rotatable bonds is 8. The molecule has 36 heavy (non-hydrogen) atoms. The van der Waals surface area contributed by atoms with Crippen molar-refractivity contribution in [3.8, 4) is 0 Å². The highest BCUT2D eigenvalue weighted by Gasteiger charge is 2.52. The first kappa shape index (κ1) is 26.8. The maximum atomic E-state index is 11.9. The normalized spacial score (nSPS) is 21.3. The Hall–Kier alpha value is -2.25. The molecule has 0 radical (unpaired) electrons. The van der Waals surface area contributed by atoms with Crippen molar-refractivity contribution >= 4 is 28.8 Å². The Balaban J connectivity index is 1.76. The van der Waals surface area contributed by atoms with Crippen LogP contribution in [0.5, 0.6) is 0 Å². The van der Waals surface area contributed by atoms with E-state index in [-0.39, 0.29) is 23.2 Å². The average Bonchev–Trinajstić information content (AvgIpc) is 2.84. The van der Waals surface area contributed by atoms with E-state index >= 15 is 0 Å². The Morgan fingerprint density at radius 1 is 0.806 bits per heavy atom. The maximum absolute atomic E-state index is 11.9. The molecule has 1 fully saturated rings. The quantitative estimate of drug-likeness (QED) is 0.297. The molecule has 192 valence electrons. The average molecular weight is 523 g/mol. The summed E-state index contributed by atoms with van der Waals surface area (Å²) >= 11 is 0. The Kier molecular flexibility index (Phi) is 8.20. The highest BCUT2D eigenvalue weighted by molar-refractivity contribution is 7.86. The lowest BCUT2D eigenvalue weighted by atomic mass is 9.81. The van der Waals surface area contributed by atoms with E-state index in [9.17, 15) is 8.42 Å². The molecular weight excluding hydrogens is 484 g/mol. The third-order valence-corrected chi connectivity index (χ3v) is 12.9. The molecule has 3 atom stereocenters. The molecule has 0 bridgehead atoms. The summed E-state index contributed by atoms with van der Waals surface area (Å²) in [5.74, 6) is 0.148. The minimum Gasteiger partial charge on any atom is -0.404 e. The predicted octanol–water partition coefficient (Wildman–Crippen LogP) is 5.32. The van der Waals surface area contributed by atoms with Gasteiger partial charge in [0, 0.05) is 6.10 Å². The molecule has 4 rings (SSSR count). The summed E-state index contributed by atoms with van der Waals surface area (Å²) in [5, 5.41) is 2.40. The topological polar surface area (TPSA) is 52.6 Å². The van der Waals surface area contributed by atoms with Crippen LogP contribution in [0.25, 0.3) is 0 Å². The molecule has 0 unspecified atom stereocenters. The highest BCUT2D eigenvalue weighted by Crippen LogP contribution is 2.41. The van der Waals surface area contributed by atoms with Gasteiger partial charge in [-0.1, -0.05) is 112 Å². The molecule has 0 saturated heterocycles. The van der Waals surface area contributed by atoms with Crippen LogP contribution in [-0.4, -0.2) is 35.2 Å². The van der Waals surface area contributed by atoms with Gasteiger partial charge in [-0.2, -0.15) is 8.42 Å². The van der Waals surface area contributed by atoms with Crippen molar-refractivity contribution in [3.63, 3.8) is 0 Å². The van der Waals surface area contributed by atoms with Gasteiger partial charge in [0.2, 0.25) is 0 Å². The molecule has 0 heterocycles. The lowest BCUT2D eigenvalue weighted by Gasteiger charge is -2.48. The van der Waals surface area contributed by atoms with Crippen LogP contribution in [0, 0.1) is 5.92 Å². The SMILES string of the molecule is CC(C)(C)[Si](O[C@H]1CC[C@H](OS(C)(=O)=O)C[C@H]1Cc1ccccc1)(c1ccccc1)c1ccccc1. The van der Waals surface area contributed by atoms with Crippen LogP contribution < -0.4 is 10.4 Å². The third kappa shape index (κ3) is 6.17. The van der Waals surface area contributed by atoms with Gasteiger partial charge >= 0.3 is 0 Å². The first-order chi connectivity index (χ1) is 17.1. The van der Waals surface area contributed by atoms with E-state index in [0.29, 0.717) is 12.8 Å².